The molecule has 1 amide bonds. The van der Waals surface area contributed by atoms with Gasteiger partial charge in [-0.2, -0.15) is 4.98 Å². The van der Waals surface area contributed by atoms with Crippen LogP contribution in [-0.2, 0) is 27.6 Å². The summed E-state index contributed by atoms with van der Waals surface area (Å²) in [7, 11) is 0.585. The number of nitrogens with one attached hydrogen (secondary N) is 1. The molecule has 2 saturated heterocycles. The molecule has 182 valence electrons. The molecule has 0 saturated carbocycles. The van der Waals surface area contributed by atoms with E-state index in [2.05, 4.69) is 10.3 Å². The van der Waals surface area contributed by atoms with Crippen molar-refractivity contribution in [3.05, 3.63) is 41.1 Å². The predicted octanol–water partition coefficient (Wildman–Crippen LogP) is 1.94. The van der Waals surface area contributed by atoms with Crippen LogP contribution in [-0.4, -0.2) is 68.6 Å². The Balaban J connectivity index is 1.37. The molecule has 2 atom stereocenters. The Bertz CT molecular complexity index is 1140. The van der Waals surface area contributed by atoms with Gasteiger partial charge >= 0.3 is 0 Å². The van der Waals surface area contributed by atoms with E-state index in [4.69, 9.17) is 4.98 Å². The minimum absolute atomic E-state index is 0.00136. The second kappa shape index (κ2) is 8.84. The fourth-order valence-corrected chi connectivity index (χ4v) is 6.25. The number of piperidine rings is 2. The largest absolute Gasteiger partial charge is 0.385 e. The second-order valence-corrected chi connectivity index (χ2v) is 10.8. The minimum atomic E-state index is -1.34. The summed E-state index contributed by atoms with van der Waals surface area (Å²) in [6, 6.07) is 3.14. The van der Waals surface area contributed by atoms with Crippen molar-refractivity contribution < 1.29 is 22.9 Å². The highest BCUT2D eigenvalue weighted by Crippen LogP contribution is 2.36. The number of carbonyl (C=O) groups excluding carboxylic acids is 1. The van der Waals surface area contributed by atoms with Gasteiger partial charge in [-0.1, -0.05) is 0 Å². The van der Waals surface area contributed by atoms with Gasteiger partial charge in [-0.15, -0.1) is 0 Å². The van der Waals surface area contributed by atoms with Crippen LogP contribution in [0.15, 0.2) is 23.1 Å². The zero-order chi connectivity index (χ0) is 24.0. The second-order valence-electron chi connectivity index (χ2n) is 9.28. The van der Waals surface area contributed by atoms with Crippen molar-refractivity contribution in [2.75, 3.05) is 42.7 Å². The molecule has 11 heteroatoms. The standard InChI is InChI=1S/C23H27F2N5O3S/c1-29-13-17(2-3-19(29)31)26-21-20-18(4-9-34(20)33)27-22(28-21)30-7-5-23(32,6-8-30)14-10-15(24)12-16(25)11-14/h10-12,17,32H,2-9,13H2,1H3,(H,26,27,28)/t17-,34?/m0/s1. The summed E-state index contributed by atoms with van der Waals surface area (Å²) in [4.78, 5) is 25.5. The molecule has 5 rings (SSSR count). The van der Waals surface area contributed by atoms with E-state index in [1.54, 1.807) is 11.9 Å². The first-order chi connectivity index (χ1) is 16.2. The maximum Gasteiger partial charge on any atom is 0.227 e. The average molecular weight is 492 g/mol. The number of rotatable bonds is 4. The highest BCUT2D eigenvalue weighted by Gasteiger charge is 2.37. The van der Waals surface area contributed by atoms with Crippen LogP contribution in [0.3, 0.4) is 0 Å². The van der Waals surface area contributed by atoms with E-state index < -0.39 is 28.0 Å². The number of amides is 1. The van der Waals surface area contributed by atoms with Crippen LogP contribution in [0.1, 0.15) is 36.9 Å². The van der Waals surface area contributed by atoms with E-state index in [-0.39, 0.29) is 30.4 Å². The van der Waals surface area contributed by atoms with Crippen molar-refractivity contribution in [2.24, 2.45) is 0 Å². The van der Waals surface area contributed by atoms with E-state index in [1.165, 1.54) is 12.1 Å². The molecule has 3 aliphatic heterocycles. The van der Waals surface area contributed by atoms with Crippen LogP contribution in [0, 0.1) is 11.6 Å². The number of aliphatic hydroxyl groups is 1. The third-order valence-corrected chi connectivity index (χ3v) is 8.38. The lowest BCUT2D eigenvalue weighted by Crippen LogP contribution is -2.44. The summed E-state index contributed by atoms with van der Waals surface area (Å²) in [6.07, 6.45) is 2.24. The molecule has 34 heavy (non-hydrogen) atoms. The first-order valence-electron chi connectivity index (χ1n) is 11.5. The van der Waals surface area contributed by atoms with Crippen molar-refractivity contribution in [3.63, 3.8) is 0 Å². The van der Waals surface area contributed by atoms with Crippen LogP contribution < -0.4 is 10.2 Å². The zero-order valence-electron chi connectivity index (χ0n) is 18.9. The highest BCUT2D eigenvalue weighted by atomic mass is 32.2. The lowest BCUT2D eigenvalue weighted by Gasteiger charge is -2.39. The molecule has 1 aromatic heterocycles. The number of fused-ring (bicyclic) bond motifs is 1. The van der Waals surface area contributed by atoms with Gasteiger partial charge in [0.05, 0.1) is 22.1 Å². The smallest absolute Gasteiger partial charge is 0.227 e. The van der Waals surface area contributed by atoms with Crippen molar-refractivity contribution in [1.82, 2.24) is 14.9 Å². The number of hydrogen-bond donors (Lipinski definition) is 2. The summed E-state index contributed by atoms with van der Waals surface area (Å²) in [6.45, 7) is 1.34. The topological polar surface area (TPSA) is 98.7 Å². The van der Waals surface area contributed by atoms with Crippen LogP contribution >= 0.6 is 0 Å². The van der Waals surface area contributed by atoms with Gasteiger partial charge < -0.3 is 20.2 Å². The van der Waals surface area contributed by atoms with Gasteiger partial charge in [-0.05, 0) is 37.0 Å². The van der Waals surface area contributed by atoms with Crippen molar-refractivity contribution in [2.45, 2.75) is 48.6 Å². The summed E-state index contributed by atoms with van der Waals surface area (Å²) in [5.41, 5.74) is -0.356. The lowest BCUT2D eigenvalue weighted by molar-refractivity contribution is -0.132. The van der Waals surface area contributed by atoms with Crippen molar-refractivity contribution in [3.8, 4) is 0 Å². The Labute approximate surface area is 198 Å². The number of halogens is 2. The molecule has 8 nitrogen and oxygen atoms in total. The van der Waals surface area contributed by atoms with Crippen LogP contribution in [0.2, 0.25) is 0 Å². The molecule has 1 aromatic carbocycles. The number of nitrogens with zero attached hydrogens (tertiary/aromatic N) is 4. The number of carbonyl (C=O) groups is 1. The van der Waals surface area contributed by atoms with E-state index in [1.807, 2.05) is 4.90 Å². The summed E-state index contributed by atoms with van der Waals surface area (Å²) < 4.78 is 40.0. The third kappa shape index (κ3) is 4.38. The van der Waals surface area contributed by atoms with Gasteiger partial charge in [0.1, 0.15) is 22.3 Å². The zero-order valence-corrected chi connectivity index (χ0v) is 19.7. The van der Waals surface area contributed by atoms with Gasteiger partial charge in [0, 0.05) is 57.4 Å². The minimum Gasteiger partial charge on any atom is -0.385 e. The fraction of sp³-hybridized carbons (Fsp3) is 0.522. The number of likely N-dealkylation sites (N-methyl/N-ethyl adjacent to an activating group) is 1. The van der Waals surface area contributed by atoms with Gasteiger partial charge in [0.2, 0.25) is 11.9 Å². The molecule has 2 aromatic rings. The summed E-state index contributed by atoms with van der Waals surface area (Å²) in [5.74, 6) is 0.188. The van der Waals surface area contributed by atoms with E-state index in [0.717, 1.165) is 11.8 Å². The normalized spacial score (nSPS) is 24.3. The van der Waals surface area contributed by atoms with Crippen LogP contribution in [0.4, 0.5) is 20.5 Å². The molecule has 1 unspecified atom stereocenters. The molecule has 0 spiro atoms. The Morgan fingerprint density at radius 1 is 1.15 bits per heavy atom. The number of aryl methyl sites for hydroxylation is 1. The maximum atomic E-state index is 13.7. The van der Waals surface area contributed by atoms with Gasteiger partial charge in [-0.3, -0.25) is 9.00 Å². The van der Waals surface area contributed by atoms with E-state index in [9.17, 15) is 22.9 Å². The number of anilines is 2. The van der Waals surface area contributed by atoms with Crippen LogP contribution in [0.5, 0.6) is 0 Å². The van der Waals surface area contributed by atoms with Gasteiger partial charge in [0.15, 0.2) is 0 Å². The monoisotopic (exact) mass is 491 g/mol. The first-order valence-corrected chi connectivity index (χ1v) is 12.8. The fourth-order valence-electron chi connectivity index (χ4n) is 4.93. The van der Waals surface area contributed by atoms with E-state index >= 15 is 0 Å². The molecule has 4 heterocycles. The number of hydrogen-bond acceptors (Lipinski definition) is 7. The Morgan fingerprint density at radius 2 is 1.85 bits per heavy atom. The quantitative estimate of drug-likeness (QED) is 0.675. The van der Waals surface area contributed by atoms with Gasteiger partial charge in [0.25, 0.3) is 0 Å². The van der Waals surface area contributed by atoms with Crippen molar-refractivity contribution in [1.29, 1.82) is 0 Å². The molecule has 2 N–H and O–H groups in total. The highest BCUT2D eigenvalue weighted by molar-refractivity contribution is 7.85. The average Bonchev–Trinajstić information content (AvgIpc) is 3.17. The third-order valence-electron chi connectivity index (χ3n) is 6.92. The van der Waals surface area contributed by atoms with Crippen molar-refractivity contribution >= 4 is 28.5 Å². The molecular formula is C23H27F2N5O3S. The molecule has 0 aliphatic carbocycles. The Hall–Kier alpha value is -2.66. The van der Waals surface area contributed by atoms with Gasteiger partial charge in [-0.25, -0.2) is 13.8 Å². The summed E-state index contributed by atoms with van der Waals surface area (Å²) >= 11 is 0. The van der Waals surface area contributed by atoms with E-state index in [0.29, 0.717) is 61.3 Å². The molecule has 3 aliphatic rings. The number of benzene rings is 1. The Kier molecular flexibility index (Phi) is 6.01. The summed E-state index contributed by atoms with van der Waals surface area (Å²) in [5, 5.41) is 14.5. The maximum absolute atomic E-state index is 13.7. The molecule has 0 bridgehead atoms. The Morgan fingerprint density at radius 3 is 2.53 bits per heavy atom. The predicted molar refractivity (Wildman–Crippen MR) is 123 cm³/mol. The SMILES string of the molecule is CN1C[C@@H](Nc2nc(N3CCC(O)(c4cc(F)cc(F)c4)CC3)nc3c2S(=O)CC3)CCC1=O. The molecular weight excluding hydrogens is 464 g/mol. The number of aromatic nitrogens is 2. The lowest BCUT2D eigenvalue weighted by atomic mass is 9.84. The molecule has 2 fully saturated rings. The molecule has 0 radical (unpaired) electrons. The first kappa shape index (κ1) is 23.1. The van der Waals surface area contributed by atoms with Crippen LogP contribution in [0.25, 0.3) is 0 Å². The number of likely N-dealkylation sites (tertiary alicyclic amines) is 1.